The van der Waals surface area contributed by atoms with Crippen LogP contribution >= 0.6 is 0 Å². The van der Waals surface area contributed by atoms with Crippen LogP contribution in [0.5, 0.6) is 0 Å². The van der Waals surface area contributed by atoms with Crippen LogP contribution in [0.15, 0.2) is 0 Å². The fraction of sp³-hybridized carbons (Fsp3) is 0.929. The van der Waals surface area contributed by atoms with Crippen LogP contribution in [0.2, 0.25) is 0 Å². The fourth-order valence-electron chi connectivity index (χ4n) is 2.76. The van der Waals surface area contributed by atoms with E-state index in [0.29, 0.717) is 12.1 Å². The summed E-state index contributed by atoms with van der Waals surface area (Å²) in [5.74, 6) is 0.949. The highest BCUT2D eigenvalue weighted by atomic mass is 16.2. The largest absolute Gasteiger partial charge is 0.335 e. The first-order valence-corrected chi connectivity index (χ1v) is 7.60. The molecule has 18 heavy (non-hydrogen) atoms. The van der Waals surface area contributed by atoms with Crippen molar-refractivity contribution in [1.82, 2.24) is 15.5 Å². The predicted molar refractivity (Wildman–Crippen MR) is 71.5 cm³/mol. The van der Waals surface area contributed by atoms with Crippen LogP contribution in [-0.2, 0) is 0 Å². The lowest BCUT2D eigenvalue weighted by molar-refractivity contribution is 0.167. The van der Waals surface area contributed by atoms with E-state index in [-0.39, 0.29) is 6.03 Å². The van der Waals surface area contributed by atoms with Crippen LogP contribution in [0.4, 0.5) is 4.79 Å². The van der Waals surface area contributed by atoms with Crippen molar-refractivity contribution in [2.45, 2.75) is 57.0 Å². The van der Waals surface area contributed by atoms with Gasteiger partial charge in [0.1, 0.15) is 0 Å². The molecule has 4 heteroatoms. The molecule has 0 unspecified atom stereocenters. The van der Waals surface area contributed by atoms with Gasteiger partial charge in [-0.15, -0.1) is 0 Å². The molecule has 2 N–H and O–H groups in total. The molecule has 3 fully saturated rings. The van der Waals surface area contributed by atoms with Crippen molar-refractivity contribution in [3.8, 4) is 0 Å². The van der Waals surface area contributed by atoms with Gasteiger partial charge in [0.25, 0.3) is 0 Å². The van der Waals surface area contributed by atoms with Crippen LogP contribution in [0, 0.1) is 5.92 Å². The molecule has 3 aliphatic rings. The van der Waals surface area contributed by atoms with E-state index in [0.717, 1.165) is 31.8 Å². The third-order valence-corrected chi connectivity index (χ3v) is 4.61. The summed E-state index contributed by atoms with van der Waals surface area (Å²) >= 11 is 0. The van der Waals surface area contributed by atoms with Crippen LogP contribution in [0.1, 0.15) is 44.9 Å². The first kappa shape index (κ1) is 12.3. The van der Waals surface area contributed by atoms with Crippen molar-refractivity contribution >= 4 is 6.03 Å². The summed E-state index contributed by atoms with van der Waals surface area (Å²) in [7, 11) is 0. The highest BCUT2D eigenvalue weighted by molar-refractivity contribution is 5.74. The van der Waals surface area contributed by atoms with Crippen LogP contribution < -0.4 is 10.6 Å². The smallest absolute Gasteiger partial charge is 0.317 e. The standard InChI is InChI=1S/C14H25N3O/c18-14(16-13-2-1-3-13)17-8-6-12(7-9-17)15-10-11-4-5-11/h11-13,15H,1-10H2,(H,16,18). The molecule has 0 aromatic heterocycles. The van der Waals surface area contributed by atoms with Gasteiger partial charge in [-0.25, -0.2) is 4.79 Å². The number of hydrogen-bond donors (Lipinski definition) is 2. The molecule has 2 saturated carbocycles. The fourth-order valence-corrected chi connectivity index (χ4v) is 2.76. The van der Waals surface area contributed by atoms with Gasteiger partial charge in [0, 0.05) is 25.2 Å². The zero-order valence-electron chi connectivity index (χ0n) is 11.2. The molecule has 102 valence electrons. The molecule has 0 aromatic carbocycles. The second-order valence-electron chi connectivity index (χ2n) is 6.19. The van der Waals surface area contributed by atoms with Crippen molar-refractivity contribution in [2.75, 3.05) is 19.6 Å². The Morgan fingerprint density at radius 3 is 2.28 bits per heavy atom. The number of rotatable bonds is 4. The Kier molecular flexibility index (Phi) is 3.73. The minimum Gasteiger partial charge on any atom is -0.335 e. The Morgan fingerprint density at radius 2 is 1.72 bits per heavy atom. The van der Waals surface area contributed by atoms with E-state index in [4.69, 9.17) is 0 Å². The Bertz CT molecular complexity index is 291. The van der Waals surface area contributed by atoms with Gasteiger partial charge in [0.2, 0.25) is 0 Å². The van der Waals surface area contributed by atoms with E-state index in [2.05, 4.69) is 10.6 Å². The molecule has 2 aliphatic carbocycles. The number of piperidine rings is 1. The number of nitrogens with one attached hydrogen (secondary N) is 2. The molecule has 4 nitrogen and oxygen atoms in total. The third kappa shape index (κ3) is 3.16. The average Bonchev–Trinajstić information content (AvgIpc) is 3.16. The number of carbonyl (C=O) groups is 1. The minimum absolute atomic E-state index is 0.167. The quantitative estimate of drug-likeness (QED) is 0.799. The summed E-state index contributed by atoms with van der Waals surface area (Å²) in [6.07, 6.45) is 8.68. The molecule has 0 aromatic rings. The Hall–Kier alpha value is -0.770. The molecular formula is C14H25N3O. The van der Waals surface area contributed by atoms with Crippen LogP contribution in [0.3, 0.4) is 0 Å². The second kappa shape index (κ2) is 5.47. The number of carbonyl (C=O) groups excluding carboxylic acids is 1. The molecule has 1 aliphatic heterocycles. The predicted octanol–water partition coefficient (Wildman–Crippen LogP) is 1.71. The summed E-state index contributed by atoms with van der Waals surface area (Å²) in [5, 5.41) is 6.78. The number of amides is 2. The van der Waals surface area contributed by atoms with Gasteiger partial charge < -0.3 is 15.5 Å². The first-order chi connectivity index (χ1) is 8.81. The normalized spacial score (nSPS) is 25.9. The first-order valence-electron chi connectivity index (χ1n) is 7.60. The van der Waals surface area contributed by atoms with E-state index in [1.165, 1.54) is 38.6 Å². The number of hydrogen-bond acceptors (Lipinski definition) is 2. The highest BCUT2D eigenvalue weighted by Gasteiger charge is 2.27. The van der Waals surface area contributed by atoms with E-state index < -0.39 is 0 Å². The molecular weight excluding hydrogens is 226 g/mol. The van der Waals surface area contributed by atoms with E-state index in [1.807, 2.05) is 4.90 Å². The maximum absolute atomic E-state index is 12.0. The molecule has 0 bridgehead atoms. The number of nitrogens with zero attached hydrogens (tertiary/aromatic N) is 1. The van der Waals surface area contributed by atoms with E-state index in [1.54, 1.807) is 0 Å². The lowest BCUT2D eigenvalue weighted by atomic mass is 9.93. The average molecular weight is 251 g/mol. The van der Waals surface area contributed by atoms with Crippen molar-refractivity contribution in [3.05, 3.63) is 0 Å². The van der Waals surface area contributed by atoms with E-state index >= 15 is 0 Å². The maximum atomic E-state index is 12.0. The monoisotopic (exact) mass is 251 g/mol. The topological polar surface area (TPSA) is 44.4 Å². The van der Waals surface area contributed by atoms with Gasteiger partial charge in [-0.05, 0) is 57.4 Å². The van der Waals surface area contributed by atoms with Gasteiger partial charge in [0.15, 0.2) is 0 Å². The summed E-state index contributed by atoms with van der Waals surface area (Å²) in [4.78, 5) is 14.0. The van der Waals surface area contributed by atoms with E-state index in [9.17, 15) is 4.79 Å². The zero-order valence-corrected chi connectivity index (χ0v) is 11.2. The Morgan fingerprint density at radius 1 is 1.00 bits per heavy atom. The summed E-state index contributed by atoms with van der Waals surface area (Å²) in [6.45, 7) is 3.03. The van der Waals surface area contributed by atoms with Crippen LogP contribution in [0.25, 0.3) is 0 Å². The molecule has 0 atom stereocenters. The van der Waals surface area contributed by atoms with Gasteiger partial charge in [-0.3, -0.25) is 0 Å². The Balaban J connectivity index is 1.34. The van der Waals surface area contributed by atoms with Crippen molar-refractivity contribution in [3.63, 3.8) is 0 Å². The minimum atomic E-state index is 0.167. The van der Waals surface area contributed by atoms with Crippen LogP contribution in [-0.4, -0.2) is 42.6 Å². The van der Waals surface area contributed by atoms with Crippen molar-refractivity contribution in [1.29, 1.82) is 0 Å². The molecule has 1 heterocycles. The third-order valence-electron chi connectivity index (χ3n) is 4.61. The van der Waals surface area contributed by atoms with Gasteiger partial charge >= 0.3 is 6.03 Å². The summed E-state index contributed by atoms with van der Waals surface area (Å²) < 4.78 is 0. The number of urea groups is 1. The summed E-state index contributed by atoms with van der Waals surface area (Å²) in [6, 6.07) is 1.27. The van der Waals surface area contributed by atoms with Gasteiger partial charge in [-0.1, -0.05) is 0 Å². The lowest BCUT2D eigenvalue weighted by Crippen LogP contribution is -2.52. The van der Waals surface area contributed by atoms with Gasteiger partial charge in [0.05, 0.1) is 0 Å². The molecule has 2 amide bonds. The van der Waals surface area contributed by atoms with Crippen molar-refractivity contribution in [2.24, 2.45) is 5.92 Å². The van der Waals surface area contributed by atoms with Crippen molar-refractivity contribution < 1.29 is 4.79 Å². The Labute approximate surface area is 109 Å². The molecule has 0 spiro atoms. The molecule has 3 rings (SSSR count). The molecule has 0 radical (unpaired) electrons. The lowest BCUT2D eigenvalue weighted by Gasteiger charge is -2.35. The number of likely N-dealkylation sites (tertiary alicyclic amines) is 1. The second-order valence-corrected chi connectivity index (χ2v) is 6.19. The molecule has 1 saturated heterocycles. The summed E-state index contributed by atoms with van der Waals surface area (Å²) in [5.41, 5.74) is 0. The SMILES string of the molecule is O=C(NC1CCC1)N1CCC(NCC2CC2)CC1. The highest BCUT2D eigenvalue weighted by Crippen LogP contribution is 2.28. The zero-order chi connectivity index (χ0) is 12.4. The maximum Gasteiger partial charge on any atom is 0.317 e. The van der Waals surface area contributed by atoms with Gasteiger partial charge in [-0.2, -0.15) is 0 Å².